The first-order chi connectivity index (χ1) is 18.5. The van der Waals surface area contributed by atoms with Gasteiger partial charge < -0.3 is 19.9 Å². The molecule has 10 heteroatoms. The Kier molecular flexibility index (Phi) is 7.20. The molecule has 1 aliphatic rings. The van der Waals surface area contributed by atoms with Crippen LogP contribution in [-0.4, -0.2) is 21.8 Å². The van der Waals surface area contributed by atoms with Crippen LogP contribution in [0.2, 0.25) is 0 Å². The van der Waals surface area contributed by atoms with Gasteiger partial charge >= 0.3 is 6.36 Å². The number of ether oxygens (including phenoxy) is 1. The zero-order valence-corrected chi connectivity index (χ0v) is 21.4. The van der Waals surface area contributed by atoms with Crippen LogP contribution in [0.3, 0.4) is 0 Å². The molecule has 2 atom stereocenters. The van der Waals surface area contributed by atoms with Crippen molar-refractivity contribution in [3.63, 3.8) is 0 Å². The molecule has 6 nitrogen and oxygen atoms in total. The first kappa shape index (κ1) is 26.5. The molecule has 1 amide bonds. The fraction of sp³-hybridized carbons (Fsp3) is 0.310. The molecule has 5 rings (SSSR count). The highest BCUT2D eigenvalue weighted by Crippen LogP contribution is 2.40. The van der Waals surface area contributed by atoms with Gasteiger partial charge in [0, 0.05) is 23.0 Å². The van der Waals surface area contributed by atoms with E-state index in [0.717, 1.165) is 24.8 Å². The molecule has 1 heterocycles. The fourth-order valence-corrected chi connectivity index (χ4v) is 5.41. The number of hydrogen-bond acceptors (Lipinski definition) is 4. The number of nitrogens with zero attached hydrogens (tertiary/aromatic N) is 2. The van der Waals surface area contributed by atoms with Crippen molar-refractivity contribution in [2.24, 2.45) is 11.8 Å². The number of anilines is 3. The minimum absolute atomic E-state index is 0.111. The van der Waals surface area contributed by atoms with E-state index in [4.69, 9.17) is 4.98 Å². The number of halogens is 4. The van der Waals surface area contributed by atoms with Crippen LogP contribution in [0, 0.1) is 17.7 Å². The van der Waals surface area contributed by atoms with Gasteiger partial charge in [-0.3, -0.25) is 4.79 Å². The maximum Gasteiger partial charge on any atom is 0.573 e. The lowest BCUT2D eigenvalue weighted by Gasteiger charge is -2.33. The highest BCUT2D eigenvalue weighted by molar-refractivity contribution is 6.06. The van der Waals surface area contributed by atoms with Gasteiger partial charge in [-0.05, 0) is 97.8 Å². The van der Waals surface area contributed by atoms with E-state index in [2.05, 4.69) is 33.8 Å². The van der Waals surface area contributed by atoms with Gasteiger partial charge in [0.15, 0.2) is 0 Å². The van der Waals surface area contributed by atoms with Gasteiger partial charge in [0.05, 0.1) is 11.0 Å². The number of nitrogens with one attached hydrogen (secondary N) is 2. The third kappa shape index (κ3) is 6.32. The van der Waals surface area contributed by atoms with Gasteiger partial charge in [0.1, 0.15) is 11.6 Å². The maximum atomic E-state index is 13.3. The minimum Gasteiger partial charge on any atom is -0.406 e. The molecular weight excluding hydrogens is 512 g/mol. The van der Waals surface area contributed by atoms with E-state index in [0.29, 0.717) is 40.2 Å². The molecule has 2 unspecified atom stereocenters. The summed E-state index contributed by atoms with van der Waals surface area (Å²) in [6.07, 6.45) is -1.79. The predicted molar refractivity (Wildman–Crippen MR) is 142 cm³/mol. The van der Waals surface area contributed by atoms with Gasteiger partial charge in [-0.1, -0.05) is 13.8 Å². The van der Waals surface area contributed by atoms with E-state index in [1.54, 1.807) is 18.2 Å². The molecule has 4 aromatic rings. The lowest BCUT2D eigenvalue weighted by atomic mass is 9.80. The normalized spacial score (nSPS) is 19.6. The van der Waals surface area contributed by atoms with Crippen LogP contribution in [0.1, 0.15) is 49.5 Å². The average molecular weight is 541 g/mol. The zero-order chi connectivity index (χ0) is 27.7. The van der Waals surface area contributed by atoms with Gasteiger partial charge in [-0.2, -0.15) is 0 Å². The highest BCUT2D eigenvalue weighted by atomic mass is 19.4. The summed E-state index contributed by atoms with van der Waals surface area (Å²) in [5.41, 5.74) is 2.90. The van der Waals surface area contributed by atoms with Crippen molar-refractivity contribution in [3.05, 3.63) is 78.1 Å². The van der Waals surface area contributed by atoms with Gasteiger partial charge in [0.25, 0.3) is 5.91 Å². The van der Waals surface area contributed by atoms with Crippen LogP contribution >= 0.6 is 0 Å². The van der Waals surface area contributed by atoms with Crippen molar-refractivity contribution < 1.29 is 27.1 Å². The van der Waals surface area contributed by atoms with E-state index in [9.17, 15) is 22.4 Å². The Labute approximate surface area is 223 Å². The lowest BCUT2D eigenvalue weighted by Crippen LogP contribution is -2.23. The molecular formula is C29H28F4N4O2. The van der Waals surface area contributed by atoms with E-state index < -0.39 is 12.2 Å². The third-order valence-corrected chi connectivity index (χ3v) is 6.92. The summed E-state index contributed by atoms with van der Waals surface area (Å²) in [5, 5.41) is 6.04. The second-order valence-corrected chi connectivity index (χ2v) is 10.2. The third-order valence-electron chi connectivity index (χ3n) is 6.92. The quantitative estimate of drug-likeness (QED) is 0.243. The first-order valence-corrected chi connectivity index (χ1v) is 12.8. The van der Waals surface area contributed by atoms with Crippen LogP contribution in [0.5, 0.6) is 5.75 Å². The molecule has 1 aromatic heterocycles. The fourth-order valence-electron chi connectivity index (χ4n) is 5.41. The molecule has 0 aliphatic heterocycles. The monoisotopic (exact) mass is 540 g/mol. The molecule has 0 bridgehead atoms. The second kappa shape index (κ2) is 10.6. The molecule has 1 saturated carbocycles. The molecule has 1 fully saturated rings. The minimum atomic E-state index is -4.77. The van der Waals surface area contributed by atoms with Crippen molar-refractivity contribution >= 4 is 34.3 Å². The van der Waals surface area contributed by atoms with E-state index >= 15 is 0 Å². The Morgan fingerprint density at radius 1 is 0.923 bits per heavy atom. The molecule has 39 heavy (non-hydrogen) atoms. The van der Waals surface area contributed by atoms with Crippen molar-refractivity contribution in [3.8, 4) is 5.75 Å². The lowest BCUT2D eigenvalue weighted by molar-refractivity contribution is -0.274. The summed E-state index contributed by atoms with van der Waals surface area (Å²) < 4.78 is 57.0. The van der Waals surface area contributed by atoms with Crippen molar-refractivity contribution in [2.75, 3.05) is 10.6 Å². The first-order valence-electron chi connectivity index (χ1n) is 12.8. The maximum absolute atomic E-state index is 13.3. The van der Waals surface area contributed by atoms with E-state index in [-0.39, 0.29) is 17.7 Å². The Hall–Kier alpha value is -4.08. The van der Waals surface area contributed by atoms with Crippen LogP contribution < -0.4 is 15.4 Å². The van der Waals surface area contributed by atoms with Gasteiger partial charge in [-0.15, -0.1) is 13.2 Å². The smallest absolute Gasteiger partial charge is 0.406 e. The Bertz CT molecular complexity index is 1460. The molecule has 3 aromatic carbocycles. The Morgan fingerprint density at radius 3 is 2.21 bits per heavy atom. The summed E-state index contributed by atoms with van der Waals surface area (Å²) in [6.45, 7) is 4.44. The van der Waals surface area contributed by atoms with Crippen LogP contribution in [0.25, 0.3) is 11.0 Å². The summed E-state index contributed by atoms with van der Waals surface area (Å²) >= 11 is 0. The number of amides is 1. The van der Waals surface area contributed by atoms with Crippen molar-refractivity contribution in [2.45, 2.75) is 45.5 Å². The topological polar surface area (TPSA) is 68.2 Å². The Morgan fingerprint density at radius 2 is 1.56 bits per heavy atom. The predicted octanol–water partition coefficient (Wildman–Crippen LogP) is 8.07. The van der Waals surface area contributed by atoms with Crippen LogP contribution in [0.4, 0.5) is 34.9 Å². The van der Waals surface area contributed by atoms with Crippen LogP contribution in [0.15, 0.2) is 66.7 Å². The summed E-state index contributed by atoms with van der Waals surface area (Å²) in [6, 6.07) is 16.4. The number of benzene rings is 3. The SMILES string of the molecule is CC1CC(C)CC(n2c(Nc3ccc(OC(F)(F)F)cc3)nc3ccc(C(=O)Nc4ccc(F)cc4)cc32)C1. The van der Waals surface area contributed by atoms with Gasteiger partial charge in [0.2, 0.25) is 5.95 Å². The molecule has 2 N–H and O–H groups in total. The average Bonchev–Trinajstić information content (AvgIpc) is 3.22. The van der Waals surface area contributed by atoms with Crippen molar-refractivity contribution in [1.29, 1.82) is 0 Å². The molecule has 0 spiro atoms. The molecule has 0 radical (unpaired) electrons. The zero-order valence-electron chi connectivity index (χ0n) is 21.4. The highest BCUT2D eigenvalue weighted by Gasteiger charge is 2.31. The van der Waals surface area contributed by atoms with Gasteiger partial charge in [-0.25, -0.2) is 9.37 Å². The summed E-state index contributed by atoms with van der Waals surface area (Å²) in [5.74, 6) is 0.485. The number of fused-ring (bicyclic) bond motifs is 1. The number of aromatic nitrogens is 2. The number of hydrogen-bond donors (Lipinski definition) is 2. The Balaban J connectivity index is 1.49. The number of rotatable bonds is 6. The summed E-state index contributed by atoms with van der Waals surface area (Å²) in [4.78, 5) is 17.8. The number of imidazole rings is 1. The molecule has 1 aliphatic carbocycles. The standard InChI is InChI=1S/C29H28F4N4O2/c1-17-13-18(2)15-23(14-17)37-26-16-19(27(38)34-21-6-4-20(30)5-7-21)3-12-25(26)36-28(37)35-22-8-10-24(11-9-22)39-29(31,32)33/h3-12,16-18,23H,13-15H2,1-2H3,(H,34,38)(H,35,36). The van der Waals surface area contributed by atoms with E-state index in [1.807, 2.05) is 0 Å². The second-order valence-electron chi connectivity index (χ2n) is 10.2. The summed E-state index contributed by atoms with van der Waals surface area (Å²) in [7, 11) is 0. The van der Waals surface area contributed by atoms with Crippen molar-refractivity contribution in [1.82, 2.24) is 9.55 Å². The number of alkyl halides is 3. The number of carbonyl (C=O) groups excluding carboxylic acids is 1. The van der Waals surface area contributed by atoms with Crippen LogP contribution in [-0.2, 0) is 0 Å². The molecule has 204 valence electrons. The van der Waals surface area contributed by atoms with E-state index in [1.165, 1.54) is 48.5 Å². The largest absolute Gasteiger partial charge is 0.573 e. The molecule has 0 saturated heterocycles. The number of carbonyl (C=O) groups is 1.